The smallest absolute Gasteiger partial charge is 0.260 e. The van der Waals surface area contributed by atoms with Crippen LogP contribution in [0.2, 0.25) is 0 Å². The highest BCUT2D eigenvalue weighted by molar-refractivity contribution is 6.08. The van der Waals surface area contributed by atoms with Crippen molar-refractivity contribution in [2.75, 3.05) is 44.9 Å². The average molecular weight is 699 g/mol. The van der Waals surface area contributed by atoms with Crippen LogP contribution in [0.15, 0.2) is 97.1 Å². The Bertz CT molecular complexity index is 2080. The molecule has 1 fully saturated rings. The Balaban J connectivity index is 1.24. The molecule has 1 saturated heterocycles. The first-order chi connectivity index (χ1) is 25.2. The number of phenolic OH excluding ortho intramolecular Hbond substituents is 1. The molecular weight excluding hydrogens is 652 g/mol. The lowest BCUT2D eigenvalue weighted by atomic mass is 9.92. The molecule has 0 unspecified atom stereocenters. The Morgan fingerprint density at radius 3 is 2.35 bits per heavy atom. The molecule has 0 spiro atoms. The van der Waals surface area contributed by atoms with Crippen LogP contribution in [-0.4, -0.2) is 77.3 Å². The van der Waals surface area contributed by atoms with Gasteiger partial charge in [0.15, 0.2) is 0 Å². The lowest BCUT2D eigenvalue weighted by Crippen LogP contribution is -2.52. The topological polar surface area (TPSA) is 87.5 Å². The molecule has 1 aromatic heterocycles. The van der Waals surface area contributed by atoms with Crippen molar-refractivity contribution in [2.45, 2.75) is 39.4 Å². The van der Waals surface area contributed by atoms with Crippen LogP contribution in [-0.2, 0) is 31.3 Å². The number of rotatable bonds is 9. The molecule has 9 heteroatoms. The number of nitrogens with zero attached hydrogens (tertiary/aromatic N) is 4. The van der Waals surface area contributed by atoms with Gasteiger partial charge in [0.05, 0.1) is 32.4 Å². The first kappa shape index (κ1) is 35.0. The number of ether oxygens (including phenoxy) is 2. The Morgan fingerprint density at radius 2 is 1.60 bits per heavy atom. The molecule has 0 radical (unpaired) electrons. The summed E-state index contributed by atoms with van der Waals surface area (Å²) in [5.74, 6) is 0.667. The average Bonchev–Trinajstić information content (AvgIpc) is 3.47. The van der Waals surface area contributed by atoms with Gasteiger partial charge in [-0.05, 0) is 85.0 Å². The predicted octanol–water partition coefficient (Wildman–Crippen LogP) is 6.77. The fourth-order valence-corrected chi connectivity index (χ4v) is 7.57. The Kier molecular flexibility index (Phi) is 10.2. The van der Waals surface area contributed by atoms with Gasteiger partial charge < -0.3 is 28.9 Å². The number of aromatic nitrogens is 1. The van der Waals surface area contributed by atoms with E-state index in [0.717, 1.165) is 59.9 Å². The molecule has 1 N–H and O–H groups in total. The second kappa shape index (κ2) is 15.1. The summed E-state index contributed by atoms with van der Waals surface area (Å²) in [4.78, 5) is 35.6. The second-order valence-corrected chi connectivity index (χ2v) is 13.8. The number of fused-ring (bicyclic) bond motifs is 1. The Morgan fingerprint density at radius 1 is 0.885 bits per heavy atom. The summed E-state index contributed by atoms with van der Waals surface area (Å²) in [6, 6.07) is 30.6. The van der Waals surface area contributed by atoms with E-state index in [1.54, 1.807) is 36.3 Å². The van der Waals surface area contributed by atoms with Crippen LogP contribution in [0.3, 0.4) is 0 Å². The van der Waals surface area contributed by atoms with E-state index in [1.165, 1.54) is 11.1 Å². The zero-order valence-electron chi connectivity index (χ0n) is 30.3. The van der Waals surface area contributed by atoms with Gasteiger partial charge in [0.1, 0.15) is 11.5 Å². The largest absolute Gasteiger partial charge is 0.508 e. The number of morpholine rings is 1. The molecular formula is C43H46N4O5. The van der Waals surface area contributed by atoms with Gasteiger partial charge in [-0.3, -0.25) is 14.5 Å². The van der Waals surface area contributed by atoms with Crippen LogP contribution in [0.25, 0.3) is 11.3 Å². The van der Waals surface area contributed by atoms with Crippen molar-refractivity contribution in [3.8, 4) is 22.8 Å². The van der Waals surface area contributed by atoms with Gasteiger partial charge in [0.2, 0.25) is 0 Å². The summed E-state index contributed by atoms with van der Waals surface area (Å²) in [6.07, 6.45) is 0.795. The normalized spacial score (nSPS) is 16.0. The number of carbonyl (C=O) groups excluding carboxylic acids is 2. The van der Waals surface area contributed by atoms with Gasteiger partial charge in [-0.1, -0.05) is 54.6 Å². The van der Waals surface area contributed by atoms with Crippen molar-refractivity contribution in [2.24, 2.45) is 7.05 Å². The number of aromatic hydroxyl groups is 1. The number of hydrogen-bond donors (Lipinski definition) is 1. The first-order valence-electron chi connectivity index (χ1n) is 17.9. The maximum Gasteiger partial charge on any atom is 0.260 e. The van der Waals surface area contributed by atoms with Gasteiger partial charge >= 0.3 is 0 Å². The van der Waals surface area contributed by atoms with Crippen LogP contribution in [0.5, 0.6) is 11.5 Å². The van der Waals surface area contributed by atoms with E-state index in [-0.39, 0.29) is 23.6 Å². The third kappa shape index (κ3) is 6.94. The van der Waals surface area contributed by atoms with E-state index in [4.69, 9.17) is 9.47 Å². The fourth-order valence-electron chi connectivity index (χ4n) is 7.57. The summed E-state index contributed by atoms with van der Waals surface area (Å²) in [6.45, 7) is 8.67. The summed E-state index contributed by atoms with van der Waals surface area (Å²) in [5.41, 5.74) is 8.51. The molecule has 9 nitrogen and oxygen atoms in total. The fraction of sp³-hybridized carbons (Fsp3) is 0.302. The third-order valence-corrected chi connectivity index (χ3v) is 10.7. The summed E-state index contributed by atoms with van der Waals surface area (Å²) >= 11 is 0. The number of methoxy groups -OCH3 is 1. The summed E-state index contributed by atoms with van der Waals surface area (Å²) in [5, 5.41) is 10.1. The molecule has 7 rings (SSSR count). The van der Waals surface area contributed by atoms with E-state index >= 15 is 0 Å². The highest BCUT2D eigenvalue weighted by atomic mass is 16.5. The van der Waals surface area contributed by atoms with Crippen molar-refractivity contribution in [1.29, 1.82) is 0 Å². The number of hydrogen-bond acceptors (Lipinski definition) is 6. The minimum absolute atomic E-state index is 0.0137. The van der Waals surface area contributed by atoms with E-state index < -0.39 is 0 Å². The van der Waals surface area contributed by atoms with E-state index in [2.05, 4.69) is 23.1 Å². The first-order valence-corrected chi connectivity index (χ1v) is 17.9. The standard InChI is InChI=1S/C43H46N4O5/c1-29-32(12-9-15-41(29)51-4)26-46(34-16-18-36(48)19-17-34)43(50)39-25-40(44(3)30(39)2)37-13-7-8-14-38(37)42(49)47-27-33-11-6-5-10-31(33)24-35(47)28-45-20-22-52-23-21-45/h5-19,25,35,48H,20-24,26-28H2,1-4H3/t35-/m0/s1. The van der Waals surface area contributed by atoms with Crippen LogP contribution < -0.4 is 9.64 Å². The molecule has 2 aliphatic rings. The zero-order chi connectivity index (χ0) is 36.4. The number of phenols is 1. The van der Waals surface area contributed by atoms with Crippen LogP contribution >= 0.6 is 0 Å². The SMILES string of the molecule is COc1cccc(CN(C(=O)c2cc(-c3ccccc3C(=O)N3Cc4ccccc4C[C@H]3CN3CCOCC3)n(C)c2C)c2ccc(O)cc2)c1C. The quantitative estimate of drug-likeness (QED) is 0.183. The lowest BCUT2D eigenvalue weighted by Gasteiger charge is -2.40. The minimum Gasteiger partial charge on any atom is -0.508 e. The molecule has 1 atom stereocenters. The molecule has 2 aliphatic heterocycles. The van der Waals surface area contributed by atoms with Gasteiger partial charge in [-0.25, -0.2) is 0 Å². The molecule has 2 amide bonds. The highest BCUT2D eigenvalue weighted by Crippen LogP contribution is 2.34. The number of anilines is 1. The summed E-state index contributed by atoms with van der Waals surface area (Å²) in [7, 11) is 3.58. The van der Waals surface area contributed by atoms with Crippen molar-refractivity contribution >= 4 is 17.5 Å². The van der Waals surface area contributed by atoms with Gasteiger partial charge in [-0.2, -0.15) is 0 Å². The molecule has 0 aliphatic carbocycles. The molecule has 268 valence electrons. The third-order valence-electron chi connectivity index (χ3n) is 10.7. The maximum absolute atomic E-state index is 14.8. The summed E-state index contributed by atoms with van der Waals surface area (Å²) < 4.78 is 13.2. The van der Waals surface area contributed by atoms with E-state index in [1.807, 2.05) is 85.0 Å². The van der Waals surface area contributed by atoms with Crippen LogP contribution in [0, 0.1) is 13.8 Å². The van der Waals surface area contributed by atoms with Gasteiger partial charge in [0, 0.05) is 67.5 Å². The maximum atomic E-state index is 14.8. The zero-order valence-corrected chi connectivity index (χ0v) is 30.3. The second-order valence-electron chi connectivity index (χ2n) is 13.8. The van der Waals surface area contributed by atoms with Gasteiger partial charge in [-0.15, -0.1) is 0 Å². The molecule has 5 aromatic rings. The monoisotopic (exact) mass is 698 g/mol. The predicted molar refractivity (Wildman–Crippen MR) is 203 cm³/mol. The molecule has 3 heterocycles. The molecule has 0 bridgehead atoms. The lowest BCUT2D eigenvalue weighted by molar-refractivity contribution is 0.0193. The van der Waals surface area contributed by atoms with Crippen molar-refractivity contribution < 1.29 is 24.2 Å². The molecule has 0 saturated carbocycles. The Labute approximate surface area is 305 Å². The highest BCUT2D eigenvalue weighted by Gasteiger charge is 2.34. The van der Waals surface area contributed by atoms with Gasteiger partial charge in [0.25, 0.3) is 11.8 Å². The number of carbonyl (C=O) groups is 2. The molecule has 4 aromatic carbocycles. The minimum atomic E-state index is -0.186. The number of amides is 2. The van der Waals surface area contributed by atoms with Crippen molar-refractivity contribution in [3.63, 3.8) is 0 Å². The Hall–Kier alpha value is -5.38. The van der Waals surface area contributed by atoms with E-state index in [9.17, 15) is 14.7 Å². The van der Waals surface area contributed by atoms with E-state index in [0.29, 0.717) is 43.1 Å². The van der Waals surface area contributed by atoms with Crippen LogP contribution in [0.1, 0.15) is 48.7 Å². The van der Waals surface area contributed by atoms with Crippen LogP contribution in [0.4, 0.5) is 5.69 Å². The van der Waals surface area contributed by atoms with Crippen molar-refractivity contribution in [1.82, 2.24) is 14.4 Å². The number of benzene rings is 4. The molecule has 52 heavy (non-hydrogen) atoms. The van der Waals surface area contributed by atoms with Crippen molar-refractivity contribution in [3.05, 3.63) is 136 Å².